The van der Waals surface area contributed by atoms with E-state index in [1.165, 1.54) is 0 Å². The quantitative estimate of drug-likeness (QED) is 0.809. The number of carbonyl (C=O) groups excluding carboxylic acids is 1. The number of ether oxygens (including phenoxy) is 1. The van der Waals surface area contributed by atoms with Gasteiger partial charge in [0.05, 0.1) is 12.7 Å². The number of rotatable bonds is 4. The van der Waals surface area contributed by atoms with E-state index in [4.69, 9.17) is 4.74 Å². The first-order valence-corrected chi connectivity index (χ1v) is 7.86. The summed E-state index contributed by atoms with van der Waals surface area (Å²) in [5.74, 6) is -1.01. The van der Waals surface area contributed by atoms with Crippen molar-refractivity contribution in [2.45, 2.75) is 49.5 Å². The van der Waals surface area contributed by atoms with Crippen LogP contribution in [0.15, 0.2) is 30.3 Å². The van der Waals surface area contributed by atoms with Gasteiger partial charge < -0.3 is 14.9 Å². The number of aliphatic hydroxyl groups excluding tert-OH is 2. The fourth-order valence-corrected chi connectivity index (χ4v) is 3.74. The minimum Gasteiger partial charge on any atom is -0.462 e. The van der Waals surface area contributed by atoms with Crippen molar-refractivity contribution in [3.8, 4) is 0 Å². The summed E-state index contributed by atoms with van der Waals surface area (Å²) in [5, 5.41) is 19.6. The maximum Gasteiger partial charge on any atom is 0.316 e. The molecule has 5 nitrogen and oxygen atoms in total. The number of carbonyl (C=O) groups is 1. The van der Waals surface area contributed by atoms with E-state index in [2.05, 4.69) is 4.90 Å². The van der Waals surface area contributed by atoms with Crippen LogP contribution in [0, 0.1) is 0 Å². The molecule has 2 N–H and O–H groups in total. The Morgan fingerprint density at radius 3 is 2.68 bits per heavy atom. The van der Waals surface area contributed by atoms with Crippen LogP contribution >= 0.6 is 0 Å². The number of piperidine rings is 1. The first kappa shape index (κ1) is 15.5. The Morgan fingerprint density at radius 1 is 1.32 bits per heavy atom. The lowest BCUT2D eigenvalue weighted by Crippen LogP contribution is -2.45. The molecule has 3 unspecified atom stereocenters. The third-order valence-electron chi connectivity index (χ3n) is 5.05. The Morgan fingerprint density at radius 2 is 2.05 bits per heavy atom. The van der Waals surface area contributed by atoms with E-state index in [0.717, 1.165) is 18.4 Å². The molecule has 2 saturated heterocycles. The van der Waals surface area contributed by atoms with E-state index in [1.54, 1.807) is 0 Å². The second-order valence-corrected chi connectivity index (χ2v) is 6.37. The molecule has 2 fully saturated rings. The van der Waals surface area contributed by atoms with Gasteiger partial charge in [0, 0.05) is 24.9 Å². The molecule has 0 amide bonds. The summed E-state index contributed by atoms with van der Waals surface area (Å²) in [7, 11) is 2.02. The molecule has 1 aromatic rings. The average Bonchev–Trinajstić information content (AvgIpc) is 2.68. The number of likely N-dealkylation sites (N-methyl/N-ethyl adjacent to an activating group) is 1. The van der Waals surface area contributed by atoms with E-state index < -0.39 is 5.92 Å². The van der Waals surface area contributed by atoms with Gasteiger partial charge in [0.15, 0.2) is 0 Å². The first-order valence-electron chi connectivity index (χ1n) is 7.86. The maximum atomic E-state index is 12.4. The molecule has 5 atom stereocenters. The van der Waals surface area contributed by atoms with Gasteiger partial charge in [-0.05, 0) is 19.0 Å². The molecule has 120 valence electrons. The smallest absolute Gasteiger partial charge is 0.316 e. The lowest BCUT2D eigenvalue weighted by atomic mass is 9.98. The second-order valence-electron chi connectivity index (χ2n) is 6.37. The van der Waals surface area contributed by atoms with Crippen LogP contribution in [0.25, 0.3) is 0 Å². The highest BCUT2D eigenvalue weighted by molar-refractivity contribution is 5.78. The number of hydrogen-bond acceptors (Lipinski definition) is 5. The molecular formula is C17H23NO4. The second kappa shape index (κ2) is 6.36. The molecule has 5 heteroatoms. The number of hydrogen-bond donors (Lipinski definition) is 2. The minimum atomic E-state index is -0.636. The molecule has 2 aliphatic heterocycles. The van der Waals surface area contributed by atoms with Crippen molar-refractivity contribution in [2.24, 2.45) is 0 Å². The van der Waals surface area contributed by atoms with Gasteiger partial charge in [-0.2, -0.15) is 0 Å². The van der Waals surface area contributed by atoms with Gasteiger partial charge in [-0.25, -0.2) is 0 Å². The van der Waals surface area contributed by atoms with E-state index in [9.17, 15) is 15.0 Å². The summed E-state index contributed by atoms with van der Waals surface area (Å²) in [5.41, 5.74) is 0.769. The Labute approximate surface area is 130 Å². The first-order chi connectivity index (χ1) is 10.6. The Bertz CT molecular complexity index is 521. The van der Waals surface area contributed by atoms with Crippen LogP contribution in [-0.2, 0) is 9.53 Å². The summed E-state index contributed by atoms with van der Waals surface area (Å²) in [6.07, 6.45) is 1.66. The molecule has 3 rings (SSSR count). The van der Waals surface area contributed by atoms with Crippen LogP contribution in [0.3, 0.4) is 0 Å². The van der Waals surface area contributed by atoms with Crippen molar-refractivity contribution in [3.63, 3.8) is 0 Å². The molecule has 0 spiro atoms. The third-order valence-corrected chi connectivity index (χ3v) is 5.05. The number of esters is 1. The predicted octanol–water partition coefficient (Wildman–Crippen LogP) is 0.902. The van der Waals surface area contributed by atoms with E-state index in [0.29, 0.717) is 6.42 Å². The predicted molar refractivity (Wildman–Crippen MR) is 81.3 cm³/mol. The Kier molecular flexibility index (Phi) is 4.47. The van der Waals surface area contributed by atoms with Crippen LogP contribution in [0.4, 0.5) is 0 Å². The van der Waals surface area contributed by atoms with Gasteiger partial charge >= 0.3 is 5.97 Å². The molecule has 2 heterocycles. The molecule has 0 saturated carbocycles. The number of aliphatic hydroxyl groups is 2. The molecule has 0 aromatic heterocycles. The van der Waals surface area contributed by atoms with Crippen LogP contribution < -0.4 is 0 Å². The van der Waals surface area contributed by atoms with Gasteiger partial charge in [0.25, 0.3) is 0 Å². The van der Waals surface area contributed by atoms with Crippen molar-refractivity contribution in [1.82, 2.24) is 4.90 Å². The lowest BCUT2D eigenvalue weighted by Gasteiger charge is -2.36. The molecule has 0 radical (unpaired) electrons. The van der Waals surface area contributed by atoms with Crippen molar-refractivity contribution in [2.75, 3.05) is 13.7 Å². The van der Waals surface area contributed by atoms with Crippen LogP contribution in [0.1, 0.15) is 30.7 Å². The van der Waals surface area contributed by atoms with Gasteiger partial charge in [0.1, 0.15) is 12.0 Å². The van der Waals surface area contributed by atoms with Crippen molar-refractivity contribution < 1.29 is 19.7 Å². The normalized spacial score (nSPS) is 32.7. The van der Waals surface area contributed by atoms with Crippen molar-refractivity contribution >= 4 is 5.97 Å². The zero-order valence-electron chi connectivity index (χ0n) is 12.8. The highest BCUT2D eigenvalue weighted by Gasteiger charge is 2.45. The Hall–Kier alpha value is -1.43. The fraction of sp³-hybridized carbons (Fsp3) is 0.588. The van der Waals surface area contributed by atoms with Gasteiger partial charge in [0.2, 0.25) is 0 Å². The highest BCUT2D eigenvalue weighted by atomic mass is 16.5. The number of fused-ring (bicyclic) bond motifs is 2. The van der Waals surface area contributed by atoms with E-state index >= 15 is 0 Å². The zero-order valence-corrected chi connectivity index (χ0v) is 12.8. The van der Waals surface area contributed by atoms with Crippen LogP contribution in [0.5, 0.6) is 0 Å². The number of nitrogens with zero attached hydrogens (tertiary/aromatic N) is 1. The summed E-state index contributed by atoms with van der Waals surface area (Å²) in [6, 6.07) is 9.56. The van der Waals surface area contributed by atoms with Gasteiger partial charge in [-0.3, -0.25) is 9.69 Å². The number of benzene rings is 1. The largest absolute Gasteiger partial charge is 0.462 e. The SMILES string of the molecule is CN1[C@H]2CC(OC(=O)C(CO)c3ccccc3)C[C@@H]1C(O)C2. The van der Waals surface area contributed by atoms with Crippen LogP contribution in [0.2, 0.25) is 0 Å². The maximum absolute atomic E-state index is 12.4. The van der Waals surface area contributed by atoms with Crippen molar-refractivity contribution in [1.29, 1.82) is 0 Å². The van der Waals surface area contributed by atoms with Crippen LogP contribution in [-0.4, -0.2) is 59.0 Å². The van der Waals surface area contributed by atoms with E-state index in [-0.39, 0.29) is 36.9 Å². The summed E-state index contributed by atoms with van der Waals surface area (Å²) in [6.45, 7) is -0.259. The highest BCUT2D eigenvalue weighted by Crippen LogP contribution is 2.36. The minimum absolute atomic E-state index is 0.0702. The lowest BCUT2D eigenvalue weighted by molar-refractivity contribution is -0.155. The zero-order chi connectivity index (χ0) is 15.7. The van der Waals surface area contributed by atoms with Crippen molar-refractivity contribution in [3.05, 3.63) is 35.9 Å². The summed E-state index contributed by atoms with van der Waals surface area (Å²) < 4.78 is 5.64. The Balaban J connectivity index is 1.65. The summed E-state index contributed by atoms with van der Waals surface area (Å²) in [4.78, 5) is 14.6. The molecule has 0 aliphatic carbocycles. The molecule has 22 heavy (non-hydrogen) atoms. The molecule has 2 aliphatic rings. The van der Waals surface area contributed by atoms with E-state index in [1.807, 2.05) is 37.4 Å². The molecule has 1 aromatic carbocycles. The molecule has 2 bridgehead atoms. The summed E-state index contributed by atoms with van der Waals surface area (Å²) >= 11 is 0. The topological polar surface area (TPSA) is 70.0 Å². The average molecular weight is 305 g/mol. The monoisotopic (exact) mass is 305 g/mol. The standard InChI is InChI=1S/C17H23NO4/c1-18-12-7-13(9-15(18)16(20)8-12)22-17(21)14(10-19)11-5-3-2-4-6-11/h2-6,12-16,19-20H,7-10H2,1H3/t12-,13?,14?,15+,16?/m0/s1. The van der Waals surface area contributed by atoms with Gasteiger partial charge in [-0.15, -0.1) is 0 Å². The third kappa shape index (κ3) is 2.89. The fourth-order valence-electron chi connectivity index (χ4n) is 3.74. The molecular weight excluding hydrogens is 282 g/mol. The van der Waals surface area contributed by atoms with Gasteiger partial charge in [-0.1, -0.05) is 30.3 Å².